The number of anilines is 3. The van der Waals surface area contributed by atoms with Crippen LogP contribution in [-0.2, 0) is 4.74 Å². The van der Waals surface area contributed by atoms with Gasteiger partial charge in [0.1, 0.15) is 0 Å². The first-order chi connectivity index (χ1) is 9.52. The highest BCUT2D eigenvalue weighted by Gasteiger charge is 2.13. The number of para-hydroxylation sites is 1. The fourth-order valence-electron chi connectivity index (χ4n) is 1.87. The Morgan fingerprint density at radius 2 is 2.00 bits per heavy atom. The molecule has 0 aliphatic carbocycles. The van der Waals surface area contributed by atoms with E-state index >= 15 is 0 Å². The molecule has 0 aromatic heterocycles. The molecule has 104 valence electrons. The first kappa shape index (κ1) is 14.2. The predicted octanol–water partition coefficient (Wildman–Crippen LogP) is 3.76. The maximum Gasteiger partial charge on any atom is 0.340 e. The number of hydrogen-bond donors (Lipinski definition) is 2. The predicted molar refractivity (Wildman–Crippen MR) is 81.7 cm³/mol. The van der Waals surface area contributed by atoms with Gasteiger partial charge in [0.25, 0.3) is 0 Å². The Morgan fingerprint density at radius 3 is 2.65 bits per heavy atom. The summed E-state index contributed by atoms with van der Waals surface area (Å²) in [6.45, 7) is 1.83. The van der Waals surface area contributed by atoms with Crippen molar-refractivity contribution < 1.29 is 9.53 Å². The number of nitrogens with two attached hydrogens (primary N) is 1. The first-order valence-electron chi connectivity index (χ1n) is 6.03. The average molecular weight is 291 g/mol. The van der Waals surface area contributed by atoms with Crippen LogP contribution in [0.1, 0.15) is 15.9 Å². The molecule has 0 unspecified atom stereocenters. The minimum absolute atomic E-state index is 0.335. The second-order valence-electron chi connectivity index (χ2n) is 4.35. The minimum Gasteiger partial charge on any atom is -0.465 e. The molecule has 3 N–H and O–H groups in total. The van der Waals surface area contributed by atoms with Crippen molar-refractivity contribution in [3.05, 3.63) is 52.5 Å². The van der Waals surface area contributed by atoms with Gasteiger partial charge in [0, 0.05) is 11.4 Å². The zero-order chi connectivity index (χ0) is 14.7. The van der Waals surface area contributed by atoms with E-state index in [1.165, 1.54) is 7.11 Å². The standard InChI is InChI=1S/C15H15ClN2O2/c1-9-7-10(8-11(14(9)17)15(19)20-2)18-13-6-4-3-5-12(13)16/h3-8,18H,17H2,1-2H3. The second-order valence-corrected chi connectivity index (χ2v) is 4.76. The molecule has 0 aliphatic heterocycles. The lowest BCUT2D eigenvalue weighted by Gasteiger charge is -2.13. The van der Waals surface area contributed by atoms with E-state index in [4.69, 9.17) is 22.1 Å². The number of carbonyl (C=O) groups is 1. The van der Waals surface area contributed by atoms with Crippen molar-refractivity contribution >= 4 is 34.6 Å². The van der Waals surface area contributed by atoms with E-state index in [2.05, 4.69) is 5.32 Å². The SMILES string of the molecule is COC(=O)c1cc(Nc2ccccc2Cl)cc(C)c1N. The smallest absolute Gasteiger partial charge is 0.340 e. The third-order valence-corrected chi connectivity index (χ3v) is 3.27. The molecule has 2 aromatic carbocycles. The van der Waals surface area contributed by atoms with Crippen LogP contribution in [0.2, 0.25) is 5.02 Å². The fourth-order valence-corrected chi connectivity index (χ4v) is 2.05. The van der Waals surface area contributed by atoms with Gasteiger partial charge in [0.05, 0.1) is 23.4 Å². The lowest BCUT2D eigenvalue weighted by Crippen LogP contribution is -2.08. The van der Waals surface area contributed by atoms with Gasteiger partial charge >= 0.3 is 5.97 Å². The molecule has 0 atom stereocenters. The Hall–Kier alpha value is -2.20. The van der Waals surface area contributed by atoms with E-state index < -0.39 is 5.97 Å². The molecule has 0 heterocycles. The van der Waals surface area contributed by atoms with Crippen molar-refractivity contribution in [2.24, 2.45) is 0 Å². The molecule has 2 aromatic rings. The number of carbonyl (C=O) groups excluding carboxylic acids is 1. The van der Waals surface area contributed by atoms with E-state index in [-0.39, 0.29) is 0 Å². The molecule has 0 amide bonds. The van der Waals surface area contributed by atoms with E-state index in [0.717, 1.165) is 16.9 Å². The highest BCUT2D eigenvalue weighted by Crippen LogP contribution is 2.29. The van der Waals surface area contributed by atoms with Gasteiger partial charge < -0.3 is 15.8 Å². The molecule has 0 spiro atoms. The summed E-state index contributed by atoms with van der Waals surface area (Å²) < 4.78 is 4.73. The molecule has 0 radical (unpaired) electrons. The van der Waals surface area contributed by atoms with E-state index in [0.29, 0.717) is 16.3 Å². The quantitative estimate of drug-likeness (QED) is 0.667. The van der Waals surface area contributed by atoms with Gasteiger partial charge in [-0.05, 0) is 36.8 Å². The van der Waals surface area contributed by atoms with Crippen molar-refractivity contribution in [3.8, 4) is 0 Å². The van der Waals surface area contributed by atoms with Gasteiger partial charge in [0.2, 0.25) is 0 Å². The van der Waals surface area contributed by atoms with Crippen molar-refractivity contribution in [2.45, 2.75) is 6.92 Å². The average Bonchev–Trinajstić information content (AvgIpc) is 2.44. The molecule has 0 bridgehead atoms. The Labute approximate surface area is 122 Å². The van der Waals surface area contributed by atoms with Crippen LogP contribution in [0, 0.1) is 6.92 Å². The topological polar surface area (TPSA) is 64.3 Å². The number of halogens is 1. The molecule has 2 rings (SSSR count). The summed E-state index contributed by atoms with van der Waals surface area (Å²) in [5.74, 6) is -0.464. The third kappa shape index (κ3) is 2.86. The van der Waals surface area contributed by atoms with Crippen molar-refractivity contribution in [3.63, 3.8) is 0 Å². The summed E-state index contributed by atoms with van der Waals surface area (Å²) in [4.78, 5) is 11.7. The number of rotatable bonds is 3. The van der Waals surface area contributed by atoms with E-state index in [1.54, 1.807) is 12.1 Å². The summed E-state index contributed by atoms with van der Waals surface area (Å²) >= 11 is 6.10. The number of esters is 1. The normalized spacial score (nSPS) is 10.2. The molecule has 5 heteroatoms. The number of nitrogen functional groups attached to an aromatic ring is 1. The van der Waals surface area contributed by atoms with Gasteiger partial charge in [-0.15, -0.1) is 0 Å². The van der Waals surface area contributed by atoms with Gasteiger partial charge in [-0.1, -0.05) is 23.7 Å². The molecule has 0 aliphatic rings. The summed E-state index contributed by atoms with van der Waals surface area (Å²) in [5, 5.41) is 3.76. The summed E-state index contributed by atoms with van der Waals surface area (Å²) in [7, 11) is 1.32. The number of ether oxygens (including phenoxy) is 1. The molecule has 0 saturated carbocycles. The number of methoxy groups -OCH3 is 1. The van der Waals surface area contributed by atoms with Crippen LogP contribution < -0.4 is 11.1 Å². The Bertz CT molecular complexity index is 656. The Kier molecular flexibility index (Phi) is 4.15. The maximum atomic E-state index is 11.7. The lowest BCUT2D eigenvalue weighted by molar-refractivity contribution is 0.0602. The van der Waals surface area contributed by atoms with Crippen molar-refractivity contribution in [1.82, 2.24) is 0 Å². The van der Waals surface area contributed by atoms with Gasteiger partial charge in [-0.3, -0.25) is 0 Å². The lowest BCUT2D eigenvalue weighted by atomic mass is 10.1. The molecular weight excluding hydrogens is 276 g/mol. The van der Waals surface area contributed by atoms with Gasteiger partial charge in [-0.25, -0.2) is 4.79 Å². The van der Waals surface area contributed by atoms with E-state index in [1.807, 2.05) is 31.2 Å². The monoisotopic (exact) mass is 290 g/mol. The molecule has 0 fully saturated rings. The zero-order valence-electron chi connectivity index (χ0n) is 11.2. The molecule has 4 nitrogen and oxygen atoms in total. The van der Waals surface area contributed by atoms with Crippen molar-refractivity contribution in [2.75, 3.05) is 18.2 Å². The Morgan fingerprint density at radius 1 is 1.30 bits per heavy atom. The first-order valence-corrected chi connectivity index (χ1v) is 6.40. The van der Waals surface area contributed by atoms with Gasteiger partial charge in [-0.2, -0.15) is 0 Å². The Balaban J connectivity index is 2.41. The van der Waals surface area contributed by atoms with E-state index in [9.17, 15) is 4.79 Å². The summed E-state index contributed by atoms with van der Waals surface area (Å²) in [6, 6.07) is 10.9. The van der Waals surface area contributed by atoms with Crippen LogP contribution in [0.15, 0.2) is 36.4 Å². The summed E-state index contributed by atoms with van der Waals surface area (Å²) in [6.07, 6.45) is 0. The largest absolute Gasteiger partial charge is 0.465 e. The number of hydrogen-bond acceptors (Lipinski definition) is 4. The van der Waals surface area contributed by atoms with Gasteiger partial charge in [0.15, 0.2) is 0 Å². The minimum atomic E-state index is -0.464. The van der Waals surface area contributed by atoms with Crippen LogP contribution >= 0.6 is 11.6 Å². The maximum absolute atomic E-state index is 11.7. The van der Waals surface area contributed by atoms with Crippen molar-refractivity contribution in [1.29, 1.82) is 0 Å². The number of benzene rings is 2. The molecular formula is C15H15ClN2O2. The van der Waals surface area contributed by atoms with Crippen LogP contribution in [0.3, 0.4) is 0 Å². The van der Waals surface area contributed by atoms with Crippen LogP contribution in [0.5, 0.6) is 0 Å². The second kappa shape index (κ2) is 5.84. The highest BCUT2D eigenvalue weighted by molar-refractivity contribution is 6.33. The number of nitrogens with one attached hydrogen (secondary N) is 1. The zero-order valence-corrected chi connectivity index (χ0v) is 12.0. The number of aryl methyl sites for hydroxylation is 1. The van der Waals surface area contributed by atoms with Crippen LogP contribution in [-0.4, -0.2) is 13.1 Å². The fraction of sp³-hybridized carbons (Fsp3) is 0.133. The molecule has 0 saturated heterocycles. The summed E-state index contributed by atoms with van der Waals surface area (Å²) in [5.41, 5.74) is 8.93. The van der Waals surface area contributed by atoms with Crippen LogP contribution in [0.25, 0.3) is 0 Å². The third-order valence-electron chi connectivity index (χ3n) is 2.95. The molecule has 20 heavy (non-hydrogen) atoms. The highest BCUT2D eigenvalue weighted by atomic mass is 35.5. The van der Waals surface area contributed by atoms with Crippen LogP contribution in [0.4, 0.5) is 17.1 Å².